The minimum atomic E-state index is -1.03. The molecule has 0 atom stereocenters. The molecule has 4 nitrogen and oxygen atoms in total. The van der Waals surface area contributed by atoms with Crippen LogP contribution in [0.4, 0.5) is 0 Å². The van der Waals surface area contributed by atoms with Gasteiger partial charge in [0.1, 0.15) is 0 Å². The van der Waals surface area contributed by atoms with E-state index in [1.807, 2.05) is 25.1 Å². The third-order valence-electron chi connectivity index (χ3n) is 2.30. The van der Waals surface area contributed by atoms with Crippen LogP contribution in [0, 0.1) is 6.92 Å². The number of aromatic carboxylic acids is 1. The van der Waals surface area contributed by atoms with Gasteiger partial charge in [-0.3, -0.25) is 0 Å². The molecule has 0 aliphatic heterocycles. The first-order chi connectivity index (χ1) is 8.65. The van der Waals surface area contributed by atoms with E-state index in [2.05, 4.69) is 16.0 Å². The SMILES string of the molecule is Cc1cccc(CSc2nccc(C(=O)O)n2)c1. The van der Waals surface area contributed by atoms with Gasteiger partial charge in [-0.2, -0.15) is 0 Å². The molecule has 0 spiro atoms. The monoisotopic (exact) mass is 260 g/mol. The molecule has 0 aliphatic carbocycles. The van der Waals surface area contributed by atoms with Crippen molar-refractivity contribution in [2.75, 3.05) is 0 Å². The fraction of sp³-hybridized carbons (Fsp3) is 0.154. The van der Waals surface area contributed by atoms with Gasteiger partial charge in [-0.15, -0.1) is 0 Å². The molecule has 1 N–H and O–H groups in total. The largest absolute Gasteiger partial charge is 0.477 e. The van der Waals surface area contributed by atoms with E-state index in [1.54, 1.807) is 0 Å². The molecular weight excluding hydrogens is 248 g/mol. The van der Waals surface area contributed by atoms with Crippen LogP contribution in [0.2, 0.25) is 0 Å². The van der Waals surface area contributed by atoms with E-state index in [0.29, 0.717) is 5.16 Å². The van der Waals surface area contributed by atoms with Crippen LogP contribution in [0.5, 0.6) is 0 Å². The normalized spacial score (nSPS) is 10.3. The summed E-state index contributed by atoms with van der Waals surface area (Å²) in [5.74, 6) is -0.306. The number of aromatic nitrogens is 2. The number of hydrogen-bond donors (Lipinski definition) is 1. The van der Waals surface area contributed by atoms with Crippen molar-refractivity contribution >= 4 is 17.7 Å². The predicted molar refractivity (Wildman–Crippen MR) is 69.7 cm³/mol. The number of benzene rings is 1. The maximum atomic E-state index is 10.8. The molecule has 5 heteroatoms. The first-order valence-corrected chi connectivity index (χ1v) is 6.38. The molecule has 0 unspecified atom stereocenters. The van der Waals surface area contributed by atoms with Crippen molar-refractivity contribution in [1.82, 2.24) is 9.97 Å². The Morgan fingerprint density at radius 1 is 1.39 bits per heavy atom. The average molecular weight is 260 g/mol. The number of carboxylic acids is 1. The summed E-state index contributed by atoms with van der Waals surface area (Å²) < 4.78 is 0. The lowest BCUT2D eigenvalue weighted by Crippen LogP contribution is -2.01. The van der Waals surface area contributed by atoms with Crippen LogP contribution in [-0.2, 0) is 5.75 Å². The Morgan fingerprint density at radius 2 is 2.22 bits per heavy atom. The van der Waals surface area contributed by atoms with Gasteiger partial charge in [0.15, 0.2) is 10.9 Å². The number of rotatable bonds is 4. The van der Waals surface area contributed by atoms with Crippen LogP contribution in [0.1, 0.15) is 21.6 Å². The second-order valence-electron chi connectivity index (χ2n) is 3.81. The number of aryl methyl sites for hydroxylation is 1. The van der Waals surface area contributed by atoms with Crippen molar-refractivity contribution in [3.05, 3.63) is 53.3 Å². The summed E-state index contributed by atoms with van der Waals surface area (Å²) in [7, 11) is 0. The zero-order chi connectivity index (χ0) is 13.0. The van der Waals surface area contributed by atoms with E-state index >= 15 is 0 Å². The summed E-state index contributed by atoms with van der Waals surface area (Å²) in [6, 6.07) is 9.55. The topological polar surface area (TPSA) is 63.1 Å². The van der Waals surface area contributed by atoms with E-state index in [1.165, 1.54) is 35.2 Å². The van der Waals surface area contributed by atoms with Crippen molar-refractivity contribution in [1.29, 1.82) is 0 Å². The zero-order valence-electron chi connectivity index (χ0n) is 9.83. The van der Waals surface area contributed by atoms with Crippen LogP contribution in [0.15, 0.2) is 41.7 Å². The van der Waals surface area contributed by atoms with Gasteiger partial charge in [0.25, 0.3) is 0 Å². The lowest BCUT2D eigenvalue weighted by atomic mass is 10.2. The predicted octanol–water partition coefficient (Wildman–Crippen LogP) is 2.78. The number of hydrogen-bond acceptors (Lipinski definition) is 4. The molecule has 1 aromatic heterocycles. The van der Waals surface area contributed by atoms with E-state index in [9.17, 15) is 4.79 Å². The average Bonchev–Trinajstić information content (AvgIpc) is 2.37. The maximum absolute atomic E-state index is 10.8. The summed E-state index contributed by atoms with van der Waals surface area (Å²) in [4.78, 5) is 18.8. The van der Waals surface area contributed by atoms with Crippen LogP contribution < -0.4 is 0 Å². The smallest absolute Gasteiger partial charge is 0.354 e. The molecule has 2 rings (SSSR count). The Morgan fingerprint density at radius 3 is 2.94 bits per heavy atom. The highest BCUT2D eigenvalue weighted by molar-refractivity contribution is 7.98. The zero-order valence-corrected chi connectivity index (χ0v) is 10.6. The molecule has 0 saturated heterocycles. The van der Waals surface area contributed by atoms with E-state index < -0.39 is 5.97 Å². The Bertz CT molecular complexity index is 572. The Hall–Kier alpha value is -1.88. The van der Waals surface area contributed by atoms with E-state index in [-0.39, 0.29) is 5.69 Å². The maximum Gasteiger partial charge on any atom is 0.354 e. The molecule has 92 valence electrons. The highest BCUT2D eigenvalue weighted by atomic mass is 32.2. The van der Waals surface area contributed by atoms with Gasteiger partial charge in [-0.1, -0.05) is 41.6 Å². The minimum Gasteiger partial charge on any atom is -0.477 e. The van der Waals surface area contributed by atoms with Crippen LogP contribution >= 0.6 is 11.8 Å². The molecule has 0 fully saturated rings. The molecule has 0 aliphatic rings. The number of carboxylic acid groups (broad SMARTS) is 1. The molecule has 0 amide bonds. The summed E-state index contributed by atoms with van der Waals surface area (Å²) in [5.41, 5.74) is 2.40. The van der Waals surface area contributed by atoms with Crippen molar-refractivity contribution in [3.63, 3.8) is 0 Å². The van der Waals surface area contributed by atoms with Gasteiger partial charge >= 0.3 is 5.97 Å². The van der Waals surface area contributed by atoms with Gasteiger partial charge in [-0.05, 0) is 18.6 Å². The second kappa shape index (κ2) is 5.64. The number of thioether (sulfide) groups is 1. The first kappa shape index (κ1) is 12.6. The quantitative estimate of drug-likeness (QED) is 0.676. The van der Waals surface area contributed by atoms with Crippen molar-refractivity contribution in [2.45, 2.75) is 17.8 Å². The van der Waals surface area contributed by atoms with Crippen LogP contribution in [-0.4, -0.2) is 21.0 Å². The second-order valence-corrected chi connectivity index (χ2v) is 4.75. The first-order valence-electron chi connectivity index (χ1n) is 5.40. The van der Waals surface area contributed by atoms with Crippen molar-refractivity contribution in [2.24, 2.45) is 0 Å². The van der Waals surface area contributed by atoms with Gasteiger partial charge < -0.3 is 5.11 Å². The van der Waals surface area contributed by atoms with E-state index in [4.69, 9.17) is 5.11 Å². The van der Waals surface area contributed by atoms with E-state index in [0.717, 1.165) is 5.75 Å². The van der Waals surface area contributed by atoms with Gasteiger partial charge in [0.05, 0.1) is 0 Å². The highest BCUT2D eigenvalue weighted by Gasteiger charge is 2.06. The summed E-state index contributed by atoms with van der Waals surface area (Å²) >= 11 is 1.43. The fourth-order valence-corrected chi connectivity index (χ4v) is 2.25. The Kier molecular flexibility index (Phi) is 3.94. The molecule has 1 heterocycles. The van der Waals surface area contributed by atoms with Crippen molar-refractivity contribution < 1.29 is 9.90 Å². The Labute approximate surface area is 109 Å². The lowest BCUT2D eigenvalue weighted by Gasteiger charge is -2.02. The standard InChI is InChI=1S/C13H12N2O2S/c1-9-3-2-4-10(7-9)8-18-13-14-6-5-11(15-13)12(16)17/h2-7H,8H2,1H3,(H,16,17). The summed E-state index contributed by atoms with van der Waals surface area (Å²) in [5, 5.41) is 9.31. The highest BCUT2D eigenvalue weighted by Crippen LogP contribution is 2.19. The number of carbonyl (C=O) groups is 1. The fourth-order valence-electron chi connectivity index (χ4n) is 1.48. The number of nitrogens with zero attached hydrogens (tertiary/aromatic N) is 2. The molecule has 0 bridgehead atoms. The molecule has 2 aromatic rings. The van der Waals surface area contributed by atoms with Crippen LogP contribution in [0.3, 0.4) is 0 Å². The van der Waals surface area contributed by atoms with Crippen molar-refractivity contribution in [3.8, 4) is 0 Å². The third-order valence-corrected chi connectivity index (χ3v) is 3.24. The molecule has 18 heavy (non-hydrogen) atoms. The molecule has 0 saturated carbocycles. The molecule has 1 aromatic carbocycles. The Balaban J connectivity index is 2.06. The summed E-state index contributed by atoms with van der Waals surface area (Å²) in [6.45, 7) is 2.04. The van der Waals surface area contributed by atoms with Crippen LogP contribution in [0.25, 0.3) is 0 Å². The minimum absolute atomic E-state index is 0.0248. The summed E-state index contributed by atoms with van der Waals surface area (Å²) in [6.07, 6.45) is 1.47. The third kappa shape index (κ3) is 3.30. The molecular formula is C13H12N2O2S. The van der Waals surface area contributed by atoms with Gasteiger partial charge in [-0.25, -0.2) is 14.8 Å². The molecule has 0 radical (unpaired) electrons. The van der Waals surface area contributed by atoms with Gasteiger partial charge in [0.2, 0.25) is 0 Å². The lowest BCUT2D eigenvalue weighted by molar-refractivity contribution is 0.0689. The van der Waals surface area contributed by atoms with Gasteiger partial charge in [0, 0.05) is 11.9 Å².